The van der Waals surface area contributed by atoms with E-state index in [0.717, 1.165) is 18.1 Å². The molecule has 7 heteroatoms. The van der Waals surface area contributed by atoms with Gasteiger partial charge >= 0.3 is 5.97 Å². The number of pyridine rings is 1. The molecule has 1 N–H and O–H groups in total. The van der Waals surface area contributed by atoms with Crippen molar-refractivity contribution in [3.05, 3.63) is 95.6 Å². The Morgan fingerprint density at radius 3 is 2.48 bits per heavy atom. The average molecular weight is 452 g/mol. The van der Waals surface area contributed by atoms with Crippen molar-refractivity contribution in [2.45, 2.75) is 38.7 Å². The number of hydrogen-bond donors (Lipinski definition) is 1. The summed E-state index contributed by atoms with van der Waals surface area (Å²) in [4.78, 5) is 28.9. The summed E-state index contributed by atoms with van der Waals surface area (Å²) < 4.78 is 28.1. The van der Waals surface area contributed by atoms with E-state index in [2.05, 4.69) is 4.98 Å². The van der Waals surface area contributed by atoms with Crippen LogP contribution >= 0.6 is 0 Å². The maximum absolute atomic E-state index is 13.3. The summed E-state index contributed by atoms with van der Waals surface area (Å²) in [6, 6.07) is 18.9. The number of rotatable bonds is 12. The van der Waals surface area contributed by atoms with Crippen molar-refractivity contribution in [2.24, 2.45) is 0 Å². The summed E-state index contributed by atoms with van der Waals surface area (Å²) in [7, 11) is 0. The molecule has 0 radical (unpaired) electrons. The Morgan fingerprint density at radius 2 is 1.76 bits per heavy atom. The quantitative estimate of drug-likeness (QED) is 0.307. The number of halogens is 1. The van der Waals surface area contributed by atoms with E-state index in [-0.39, 0.29) is 18.5 Å². The maximum Gasteiger partial charge on any atom is 0.303 e. The van der Waals surface area contributed by atoms with Crippen LogP contribution in [0.15, 0.2) is 72.9 Å². The minimum absolute atomic E-state index is 0.125. The van der Waals surface area contributed by atoms with Gasteiger partial charge in [-0.3, -0.25) is 9.59 Å². The fourth-order valence-electron chi connectivity index (χ4n) is 3.25. The molecule has 1 atom stereocenters. The second-order valence-corrected chi connectivity index (χ2v) is 7.51. The zero-order valence-electron chi connectivity index (χ0n) is 19.2. The topological polar surface area (TPSA) is 79.7 Å². The number of nitrogens with zero attached hydrogens (tertiary/aromatic N) is 2. The van der Waals surface area contributed by atoms with Gasteiger partial charge in [0.25, 0.3) is 5.91 Å². The van der Waals surface area contributed by atoms with Gasteiger partial charge in [-0.15, -0.1) is 0 Å². The summed E-state index contributed by atoms with van der Waals surface area (Å²) in [5.41, 5.74) is 1.55. The van der Waals surface area contributed by atoms with Crippen LogP contribution in [0.4, 0.5) is 4.39 Å². The summed E-state index contributed by atoms with van der Waals surface area (Å²) >= 11 is 0. The summed E-state index contributed by atoms with van der Waals surface area (Å²) in [5.74, 6) is -1.46. The molecule has 1 aromatic heterocycles. The molecule has 0 saturated heterocycles. The lowest BCUT2D eigenvalue weighted by Gasteiger charge is -2.24. The van der Waals surface area contributed by atoms with Crippen LogP contribution in [0, 0.1) is 5.95 Å². The number of carbonyl (C=O) groups excluding carboxylic acids is 1. The highest BCUT2D eigenvalue weighted by Crippen LogP contribution is 2.23. The molecular formula is C26H27FN2O4. The Morgan fingerprint density at radius 1 is 1.00 bits per heavy atom. The molecule has 6 nitrogen and oxygen atoms in total. The van der Waals surface area contributed by atoms with E-state index >= 15 is 0 Å². The predicted octanol–water partition coefficient (Wildman–Crippen LogP) is 5.09. The van der Waals surface area contributed by atoms with Crippen LogP contribution in [-0.2, 0) is 17.9 Å². The SMILES string of the molecule is [2H]C(c1ccccc1OCCCCCC(=O)O)N(Cc1ccccc1)C(=O)c1ccc(F)nc1. The predicted molar refractivity (Wildman–Crippen MR) is 122 cm³/mol. The number of hydrogen-bond acceptors (Lipinski definition) is 4. The zero-order chi connectivity index (χ0) is 24.3. The minimum Gasteiger partial charge on any atom is -0.493 e. The lowest BCUT2D eigenvalue weighted by molar-refractivity contribution is -0.137. The Balaban J connectivity index is 1.79. The van der Waals surface area contributed by atoms with Crippen LogP contribution in [0.1, 0.15) is 48.5 Å². The third kappa shape index (κ3) is 7.71. The van der Waals surface area contributed by atoms with E-state index < -0.39 is 24.3 Å². The number of ether oxygens (including phenoxy) is 1. The van der Waals surface area contributed by atoms with Gasteiger partial charge in [0.15, 0.2) is 0 Å². The van der Waals surface area contributed by atoms with Gasteiger partial charge in [-0.05, 0) is 43.0 Å². The number of carbonyl (C=O) groups is 2. The van der Waals surface area contributed by atoms with Gasteiger partial charge in [0.1, 0.15) is 5.75 Å². The molecule has 3 rings (SSSR count). The second kappa shape index (κ2) is 12.3. The molecule has 0 saturated carbocycles. The highest BCUT2D eigenvalue weighted by molar-refractivity contribution is 5.93. The molecule has 172 valence electrons. The van der Waals surface area contributed by atoms with Gasteiger partial charge in [-0.25, -0.2) is 4.98 Å². The number of carboxylic acid groups (broad SMARTS) is 1. The van der Waals surface area contributed by atoms with Crippen LogP contribution in [-0.4, -0.2) is 33.5 Å². The molecule has 0 spiro atoms. The van der Waals surface area contributed by atoms with E-state index in [4.69, 9.17) is 11.2 Å². The van der Waals surface area contributed by atoms with Crippen LogP contribution in [0.2, 0.25) is 0 Å². The van der Waals surface area contributed by atoms with Gasteiger partial charge in [0.05, 0.1) is 13.5 Å². The lowest BCUT2D eigenvalue weighted by atomic mass is 10.1. The van der Waals surface area contributed by atoms with Gasteiger partial charge in [0, 0.05) is 31.2 Å². The Kier molecular flexibility index (Phi) is 8.39. The van der Waals surface area contributed by atoms with E-state index in [9.17, 15) is 14.0 Å². The first-order valence-electron chi connectivity index (χ1n) is 11.4. The fourth-order valence-corrected chi connectivity index (χ4v) is 3.25. The van der Waals surface area contributed by atoms with Gasteiger partial charge in [0.2, 0.25) is 5.95 Å². The van der Waals surface area contributed by atoms with Gasteiger partial charge < -0.3 is 14.7 Å². The Hall–Kier alpha value is -3.74. The van der Waals surface area contributed by atoms with Crippen molar-refractivity contribution in [1.29, 1.82) is 0 Å². The van der Waals surface area contributed by atoms with E-state index in [0.29, 0.717) is 30.8 Å². The number of para-hydroxylation sites is 1. The number of aromatic nitrogens is 1. The number of carboxylic acids is 1. The summed E-state index contributed by atoms with van der Waals surface area (Å²) in [6.45, 7) is -0.534. The first kappa shape index (κ1) is 22.5. The van der Waals surface area contributed by atoms with Crippen LogP contribution < -0.4 is 4.74 Å². The molecule has 0 aliphatic heterocycles. The average Bonchev–Trinajstić information content (AvgIpc) is 2.85. The largest absolute Gasteiger partial charge is 0.493 e. The van der Waals surface area contributed by atoms with Crippen molar-refractivity contribution in [3.63, 3.8) is 0 Å². The molecule has 2 aromatic carbocycles. The molecule has 1 unspecified atom stereocenters. The lowest BCUT2D eigenvalue weighted by Crippen LogP contribution is -2.30. The number of aliphatic carboxylic acids is 1. The highest BCUT2D eigenvalue weighted by atomic mass is 19.1. The van der Waals surface area contributed by atoms with E-state index in [1.165, 1.54) is 17.2 Å². The second-order valence-electron chi connectivity index (χ2n) is 7.51. The van der Waals surface area contributed by atoms with Gasteiger partial charge in [-0.1, -0.05) is 48.5 Å². The zero-order valence-corrected chi connectivity index (χ0v) is 18.2. The molecule has 3 aromatic rings. The van der Waals surface area contributed by atoms with Crippen LogP contribution in [0.25, 0.3) is 0 Å². The molecule has 1 heterocycles. The number of unbranched alkanes of at least 4 members (excludes halogenated alkanes) is 2. The molecule has 33 heavy (non-hydrogen) atoms. The minimum atomic E-state index is -1.08. The molecule has 0 bridgehead atoms. The van der Waals surface area contributed by atoms with Gasteiger partial charge in [-0.2, -0.15) is 4.39 Å². The van der Waals surface area contributed by atoms with Crippen molar-refractivity contribution < 1.29 is 25.2 Å². The Bertz CT molecular complexity index is 1080. The number of amides is 1. The molecule has 0 aliphatic rings. The van der Waals surface area contributed by atoms with Crippen molar-refractivity contribution in [3.8, 4) is 5.75 Å². The fraction of sp³-hybridized carbons (Fsp3) is 0.269. The number of benzene rings is 2. The standard InChI is InChI=1S/C26H27FN2O4/c27-24-15-14-21(17-28-24)26(32)29(18-20-9-3-1-4-10-20)19-22-11-6-7-12-23(22)33-16-8-2-5-13-25(30)31/h1,3-4,6-7,9-12,14-15,17H,2,5,8,13,16,18-19H2,(H,30,31)/i19D. The highest BCUT2D eigenvalue weighted by Gasteiger charge is 2.19. The monoisotopic (exact) mass is 451 g/mol. The third-order valence-electron chi connectivity index (χ3n) is 4.94. The van der Waals surface area contributed by atoms with Crippen molar-refractivity contribution in [1.82, 2.24) is 9.88 Å². The maximum atomic E-state index is 13.3. The normalized spacial score (nSPS) is 12.0. The third-order valence-corrected chi connectivity index (χ3v) is 4.94. The van der Waals surface area contributed by atoms with Crippen molar-refractivity contribution >= 4 is 11.9 Å². The van der Waals surface area contributed by atoms with Crippen LogP contribution in [0.3, 0.4) is 0 Å². The summed E-state index contributed by atoms with van der Waals surface area (Å²) in [5, 5.41) is 8.74. The van der Waals surface area contributed by atoms with E-state index in [1.807, 2.05) is 30.3 Å². The Labute approximate surface area is 194 Å². The van der Waals surface area contributed by atoms with Crippen LogP contribution in [0.5, 0.6) is 5.75 Å². The first-order chi connectivity index (χ1) is 16.5. The first-order valence-corrected chi connectivity index (χ1v) is 10.8. The molecule has 1 amide bonds. The van der Waals surface area contributed by atoms with E-state index in [1.54, 1.807) is 24.3 Å². The molecule has 0 aliphatic carbocycles. The summed E-state index contributed by atoms with van der Waals surface area (Å²) in [6.07, 6.45) is 3.27. The molecule has 0 fully saturated rings. The smallest absolute Gasteiger partial charge is 0.303 e. The molecular weight excluding hydrogens is 423 g/mol. The van der Waals surface area contributed by atoms with Crippen molar-refractivity contribution in [2.75, 3.05) is 6.61 Å².